The lowest BCUT2D eigenvalue weighted by atomic mass is 9.43. The lowest BCUT2D eigenvalue weighted by molar-refractivity contribution is -0.165. The van der Waals surface area contributed by atoms with Crippen LogP contribution < -0.4 is 0 Å². The minimum absolute atomic E-state index is 0.00568. The fourth-order valence-electron chi connectivity index (χ4n) is 9.03. The van der Waals surface area contributed by atoms with E-state index in [0.29, 0.717) is 29.0 Å². The number of halogens is 1. The Morgan fingerprint density at radius 3 is 2.50 bits per heavy atom. The van der Waals surface area contributed by atoms with E-state index < -0.39 is 0 Å². The van der Waals surface area contributed by atoms with E-state index in [0.717, 1.165) is 37.5 Å². The second kappa shape index (κ2) is 6.82. The maximum atomic E-state index is 13.5. The standard InChI is InChI=1S/C24H35BrO3/c1-14(26)28-17-9-11-23(2)16(13-17)3-6-18-19(23)10-12-24-15(4-7-20(18)24)5-8-21(25)22(24)27/h15-21H,3-13H2,1-2H3/t15-,16+,17-,18-,19+,20+,21+,23+,24?/m1/s1. The molecule has 0 bridgehead atoms. The SMILES string of the molecule is CC(=O)O[C@@H]1CC[C@@]2(C)[C@@H](CC[C@H]3[C@@H]4CC[C@@H]5CC[C@H](Br)C(=O)C54CC[C@@H]32)C1. The van der Waals surface area contributed by atoms with Gasteiger partial charge in [-0.05, 0) is 106 Å². The molecule has 4 heteroatoms. The molecule has 5 aliphatic carbocycles. The molecule has 5 rings (SSSR count). The highest BCUT2D eigenvalue weighted by Gasteiger charge is 2.65. The molecule has 5 saturated carbocycles. The summed E-state index contributed by atoms with van der Waals surface area (Å²) in [5, 5.41) is 0. The Morgan fingerprint density at radius 1 is 0.964 bits per heavy atom. The first-order valence-electron chi connectivity index (χ1n) is 11.7. The van der Waals surface area contributed by atoms with E-state index in [1.54, 1.807) is 6.92 Å². The van der Waals surface area contributed by atoms with Crippen molar-refractivity contribution in [2.24, 2.45) is 40.4 Å². The van der Waals surface area contributed by atoms with Crippen LogP contribution in [0, 0.1) is 40.4 Å². The molecule has 0 aromatic carbocycles. The van der Waals surface area contributed by atoms with E-state index in [2.05, 4.69) is 22.9 Å². The van der Waals surface area contributed by atoms with E-state index in [-0.39, 0.29) is 22.3 Å². The van der Waals surface area contributed by atoms with Gasteiger partial charge >= 0.3 is 5.97 Å². The van der Waals surface area contributed by atoms with Gasteiger partial charge in [-0.1, -0.05) is 22.9 Å². The second-order valence-electron chi connectivity index (χ2n) is 10.9. The zero-order valence-corrected chi connectivity index (χ0v) is 19.0. The average molecular weight is 451 g/mol. The lowest BCUT2D eigenvalue weighted by Gasteiger charge is -2.61. The number of carbonyl (C=O) groups excluding carboxylic acids is 2. The summed E-state index contributed by atoms with van der Waals surface area (Å²) in [6, 6.07) is 0. The van der Waals surface area contributed by atoms with Crippen molar-refractivity contribution in [3.05, 3.63) is 0 Å². The fraction of sp³-hybridized carbons (Fsp3) is 0.917. The zero-order valence-electron chi connectivity index (χ0n) is 17.4. The third-order valence-electron chi connectivity index (χ3n) is 10.1. The van der Waals surface area contributed by atoms with Crippen molar-refractivity contribution in [2.45, 2.75) is 95.4 Å². The quantitative estimate of drug-likeness (QED) is 0.380. The predicted molar refractivity (Wildman–Crippen MR) is 112 cm³/mol. The Morgan fingerprint density at radius 2 is 1.71 bits per heavy atom. The summed E-state index contributed by atoms with van der Waals surface area (Å²) in [7, 11) is 0. The van der Waals surface area contributed by atoms with Gasteiger partial charge in [0.1, 0.15) is 6.10 Å². The Bertz CT molecular complexity index is 677. The molecule has 0 aliphatic heterocycles. The number of hydrogen-bond donors (Lipinski definition) is 0. The maximum Gasteiger partial charge on any atom is 0.302 e. The molecule has 1 spiro atoms. The molecular weight excluding hydrogens is 416 g/mol. The van der Waals surface area contributed by atoms with Crippen LogP contribution in [-0.4, -0.2) is 22.7 Å². The third kappa shape index (κ3) is 2.65. The lowest BCUT2D eigenvalue weighted by Crippen LogP contribution is -2.58. The van der Waals surface area contributed by atoms with Crippen LogP contribution in [0.25, 0.3) is 0 Å². The first-order chi connectivity index (χ1) is 13.4. The minimum Gasteiger partial charge on any atom is -0.463 e. The predicted octanol–water partition coefficient (Wildman–Crippen LogP) is 5.68. The van der Waals surface area contributed by atoms with E-state index in [9.17, 15) is 9.59 Å². The van der Waals surface area contributed by atoms with Crippen LogP contribution in [0.4, 0.5) is 0 Å². The Hall–Kier alpha value is -0.380. The first-order valence-corrected chi connectivity index (χ1v) is 12.6. The van der Waals surface area contributed by atoms with Crippen molar-refractivity contribution in [1.82, 2.24) is 0 Å². The van der Waals surface area contributed by atoms with Crippen molar-refractivity contribution in [3.63, 3.8) is 0 Å². The maximum absolute atomic E-state index is 13.5. The van der Waals surface area contributed by atoms with Crippen LogP contribution in [0.3, 0.4) is 0 Å². The summed E-state index contributed by atoms with van der Waals surface area (Å²) in [5.74, 6) is 3.92. The van der Waals surface area contributed by atoms with Gasteiger partial charge in [0.15, 0.2) is 5.78 Å². The van der Waals surface area contributed by atoms with Crippen LogP contribution >= 0.6 is 15.9 Å². The van der Waals surface area contributed by atoms with Gasteiger partial charge in [-0.15, -0.1) is 0 Å². The molecule has 5 fully saturated rings. The number of carbonyl (C=O) groups is 2. The number of hydrogen-bond acceptors (Lipinski definition) is 3. The van der Waals surface area contributed by atoms with Gasteiger partial charge in [0, 0.05) is 12.3 Å². The van der Waals surface area contributed by atoms with E-state index >= 15 is 0 Å². The zero-order chi connectivity index (χ0) is 19.7. The summed E-state index contributed by atoms with van der Waals surface area (Å²) in [6.07, 6.45) is 13.2. The molecule has 0 N–H and O–H groups in total. The van der Waals surface area contributed by atoms with Crippen molar-refractivity contribution < 1.29 is 14.3 Å². The van der Waals surface area contributed by atoms with Crippen LogP contribution in [0.15, 0.2) is 0 Å². The smallest absolute Gasteiger partial charge is 0.302 e. The number of Topliss-reactive ketones (excluding diaryl/α,β-unsaturated/α-hetero) is 1. The highest BCUT2D eigenvalue weighted by Crippen LogP contribution is 2.69. The van der Waals surface area contributed by atoms with Gasteiger partial charge in [0.2, 0.25) is 0 Å². The topological polar surface area (TPSA) is 43.4 Å². The number of fused-ring (bicyclic) bond motifs is 4. The van der Waals surface area contributed by atoms with Crippen molar-refractivity contribution >= 4 is 27.7 Å². The molecule has 0 heterocycles. The molecule has 0 aromatic rings. The van der Waals surface area contributed by atoms with Gasteiger partial charge in [-0.25, -0.2) is 0 Å². The monoisotopic (exact) mass is 450 g/mol. The molecule has 3 nitrogen and oxygen atoms in total. The van der Waals surface area contributed by atoms with Gasteiger partial charge in [-0.2, -0.15) is 0 Å². The minimum atomic E-state index is -0.126. The first kappa shape index (κ1) is 19.6. The van der Waals surface area contributed by atoms with Crippen LogP contribution in [0.1, 0.15) is 84.5 Å². The molecular formula is C24H35BrO3. The van der Waals surface area contributed by atoms with Crippen LogP contribution in [0.2, 0.25) is 0 Å². The number of ketones is 1. The number of rotatable bonds is 1. The largest absolute Gasteiger partial charge is 0.463 e. The Balaban J connectivity index is 1.40. The van der Waals surface area contributed by atoms with E-state index in [4.69, 9.17) is 4.74 Å². The summed E-state index contributed by atoms with van der Waals surface area (Å²) >= 11 is 3.74. The summed E-state index contributed by atoms with van der Waals surface area (Å²) in [6.45, 7) is 4.08. The molecule has 0 radical (unpaired) electrons. The molecule has 1 unspecified atom stereocenters. The van der Waals surface area contributed by atoms with Crippen molar-refractivity contribution in [1.29, 1.82) is 0 Å². The molecule has 0 amide bonds. The van der Waals surface area contributed by atoms with Gasteiger partial charge in [0.25, 0.3) is 0 Å². The van der Waals surface area contributed by atoms with Gasteiger partial charge in [-0.3, -0.25) is 9.59 Å². The molecule has 5 aliphatic rings. The molecule has 9 atom stereocenters. The van der Waals surface area contributed by atoms with Gasteiger partial charge in [0.05, 0.1) is 4.83 Å². The number of ether oxygens (including phenoxy) is 1. The third-order valence-corrected chi connectivity index (χ3v) is 11.0. The summed E-state index contributed by atoms with van der Waals surface area (Å²) < 4.78 is 5.60. The van der Waals surface area contributed by atoms with Crippen molar-refractivity contribution in [3.8, 4) is 0 Å². The molecule has 156 valence electrons. The number of esters is 1. The second-order valence-corrected chi connectivity index (χ2v) is 12.0. The van der Waals surface area contributed by atoms with Crippen LogP contribution in [0.5, 0.6) is 0 Å². The van der Waals surface area contributed by atoms with E-state index in [1.807, 2.05) is 0 Å². The Labute approximate surface area is 177 Å². The highest BCUT2D eigenvalue weighted by molar-refractivity contribution is 9.10. The van der Waals surface area contributed by atoms with Gasteiger partial charge < -0.3 is 4.74 Å². The summed E-state index contributed by atoms with van der Waals surface area (Å²) in [4.78, 5) is 25.0. The molecule has 28 heavy (non-hydrogen) atoms. The van der Waals surface area contributed by atoms with Crippen LogP contribution in [-0.2, 0) is 14.3 Å². The molecule has 0 aromatic heterocycles. The Kier molecular flexibility index (Phi) is 4.77. The highest BCUT2D eigenvalue weighted by atomic mass is 79.9. The number of alkyl halides is 1. The molecule has 0 saturated heterocycles. The fourth-order valence-corrected chi connectivity index (χ4v) is 9.72. The normalized spacial score (nSPS) is 52.8. The van der Waals surface area contributed by atoms with E-state index in [1.165, 1.54) is 44.9 Å². The van der Waals surface area contributed by atoms with Crippen molar-refractivity contribution in [2.75, 3.05) is 0 Å². The summed E-state index contributed by atoms with van der Waals surface area (Å²) in [5.41, 5.74) is 0.385. The average Bonchev–Trinajstić information content (AvgIpc) is 3.05.